The fourth-order valence-electron chi connectivity index (χ4n) is 8.09. The van der Waals surface area contributed by atoms with E-state index in [1.54, 1.807) is 30.0 Å². The summed E-state index contributed by atoms with van der Waals surface area (Å²) in [5.41, 5.74) is -0.342. The molecule has 298 valence electrons. The summed E-state index contributed by atoms with van der Waals surface area (Å²) >= 11 is 0. The normalized spacial score (nSPS) is 20.5. The fourth-order valence-corrected chi connectivity index (χ4v) is 9.83. The summed E-state index contributed by atoms with van der Waals surface area (Å²) in [6.07, 6.45) is 4.57. The molecule has 0 unspecified atom stereocenters. The van der Waals surface area contributed by atoms with Crippen molar-refractivity contribution in [3.63, 3.8) is 0 Å². The first kappa shape index (κ1) is 40.0. The van der Waals surface area contributed by atoms with Gasteiger partial charge in [-0.05, 0) is 111 Å². The molecule has 4 saturated heterocycles. The molecule has 0 aliphatic carbocycles. The number of benzene rings is 1. The molecular formula is C37H56FN9O6S. The summed E-state index contributed by atoms with van der Waals surface area (Å²) < 4.78 is 55.4. The number of anilines is 1. The smallest absolute Gasteiger partial charge is 0.407 e. The minimum absolute atomic E-state index is 0.0923. The number of amides is 2. The first-order valence-electron chi connectivity index (χ1n) is 19.1. The Bertz CT molecular complexity index is 1750. The van der Waals surface area contributed by atoms with Crippen LogP contribution in [-0.4, -0.2) is 137 Å². The Hall–Kier alpha value is -3.67. The van der Waals surface area contributed by atoms with Gasteiger partial charge in [-0.1, -0.05) is 0 Å². The molecule has 4 aliphatic rings. The summed E-state index contributed by atoms with van der Waals surface area (Å²) in [6, 6.07) is 3.48. The summed E-state index contributed by atoms with van der Waals surface area (Å²) in [7, 11) is -3.56. The van der Waals surface area contributed by atoms with E-state index in [1.165, 1.54) is 28.8 Å². The van der Waals surface area contributed by atoms with E-state index < -0.39 is 27.7 Å². The van der Waals surface area contributed by atoms with Gasteiger partial charge in [-0.25, -0.2) is 14.2 Å². The molecule has 1 spiro atoms. The predicted molar refractivity (Wildman–Crippen MR) is 201 cm³/mol. The van der Waals surface area contributed by atoms with Crippen LogP contribution in [0.1, 0.15) is 84.5 Å². The Kier molecular flexibility index (Phi) is 11.7. The maximum atomic E-state index is 14.4. The average molecular weight is 774 g/mol. The van der Waals surface area contributed by atoms with Gasteiger partial charge in [0, 0.05) is 63.3 Å². The van der Waals surface area contributed by atoms with Gasteiger partial charge in [0.1, 0.15) is 23.5 Å². The zero-order chi connectivity index (χ0) is 39.0. The van der Waals surface area contributed by atoms with Crippen LogP contribution in [0.5, 0.6) is 11.6 Å². The molecule has 2 aromatic rings. The van der Waals surface area contributed by atoms with Crippen molar-refractivity contribution in [3.05, 3.63) is 35.9 Å². The third-order valence-corrected chi connectivity index (χ3v) is 12.8. The molecule has 54 heavy (non-hydrogen) atoms. The lowest BCUT2D eigenvalue weighted by Gasteiger charge is -2.54. The lowest BCUT2D eigenvalue weighted by molar-refractivity contribution is 0.0453. The highest BCUT2D eigenvalue weighted by Gasteiger charge is 2.47. The summed E-state index contributed by atoms with van der Waals surface area (Å²) in [6.45, 7) is 19.0. The van der Waals surface area contributed by atoms with Crippen LogP contribution >= 0.6 is 0 Å². The number of likely N-dealkylation sites (tertiary alicyclic amines) is 1. The van der Waals surface area contributed by atoms with Crippen LogP contribution in [0, 0.1) is 17.2 Å². The minimum atomic E-state index is -3.56. The molecule has 5 heterocycles. The van der Waals surface area contributed by atoms with Gasteiger partial charge < -0.3 is 29.5 Å². The topological polar surface area (TPSA) is 154 Å². The van der Waals surface area contributed by atoms with Crippen LogP contribution in [0.3, 0.4) is 0 Å². The Morgan fingerprint density at radius 1 is 1.02 bits per heavy atom. The zero-order valence-electron chi connectivity index (χ0n) is 32.6. The molecule has 4 fully saturated rings. The van der Waals surface area contributed by atoms with Crippen LogP contribution in [-0.2, 0) is 14.9 Å². The summed E-state index contributed by atoms with van der Waals surface area (Å²) in [5.74, 6) is 0.493. The van der Waals surface area contributed by atoms with Crippen molar-refractivity contribution in [2.75, 3.05) is 63.8 Å². The van der Waals surface area contributed by atoms with Gasteiger partial charge >= 0.3 is 6.09 Å². The van der Waals surface area contributed by atoms with Crippen LogP contribution < -0.4 is 15.0 Å². The zero-order valence-corrected chi connectivity index (χ0v) is 33.4. The van der Waals surface area contributed by atoms with Gasteiger partial charge in [0.2, 0.25) is 0 Å². The van der Waals surface area contributed by atoms with Crippen molar-refractivity contribution in [2.45, 2.75) is 97.9 Å². The number of halogens is 1. The number of alkyl carbamates (subject to hydrolysis) is 1. The lowest BCUT2D eigenvalue weighted by atomic mass is 9.72. The number of aromatic nitrogens is 3. The molecule has 4 aliphatic heterocycles. The number of nitrogens with zero attached hydrogens (tertiary/aromatic N) is 8. The monoisotopic (exact) mass is 773 g/mol. The molecule has 2 amide bonds. The standard InChI is InChI=1S/C37H56FN9O6S/c1-25(2)47(26(3)4)34(48)30-18-28(38)8-9-31(30)52-33-32(39-24-40-42-33)44-22-37(23-44)12-16-43(17-13-37)19-27-10-14-45(15-11-27)54(50,51)46-20-29(21-46)41-35(49)53-36(5,6)7/h8-9,18,24-27,29H,10-17,19-23H2,1-7H3,(H,41,49). The largest absolute Gasteiger partial charge is 0.444 e. The van der Waals surface area contributed by atoms with Crippen molar-refractivity contribution >= 4 is 28.0 Å². The summed E-state index contributed by atoms with van der Waals surface area (Å²) in [4.78, 5) is 36.4. The van der Waals surface area contributed by atoms with E-state index >= 15 is 0 Å². The second-order valence-electron chi connectivity index (χ2n) is 16.9. The predicted octanol–water partition coefficient (Wildman–Crippen LogP) is 4.13. The molecule has 1 aromatic heterocycles. The molecule has 0 saturated carbocycles. The molecular weight excluding hydrogens is 718 g/mol. The second kappa shape index (κ2) is 15.8. The first-order valence-corrected chi connectivity index (χ1v) is 20.5. The van der Waals surface area contributed by atoms with E-state index in [1.807, 2.05) is 27.7 Å². The van der Waals surface area contributed by atoms with Gasteiger partial charge in [0.25, 0.3) is 22.0 Å². The average Bonchev–Trinajstić information content (AvgIpc) is 3.06. The Morgan fingerprint density at radius 3 is 2.28 bits per heavy atom. The number of hydrogen-bond donors (Lipinski definition) is 1. The van der Waals surface area contributed by atoms with E-state index in [-0.39, 0.29) is 59.7 Å². The highest BCUT2D eigenvalue weighted by Crippen LogP contribution is 2.45. The molecule has 17 heteroatoms. The third-order valence-electron chi connectivity index (χ3n) is 10.9. The highest BCUT2D eigenvalue weighted by molar-refractivity contribution is 7.86. The van der Waals surface area contributed by atoms with E-state index in [9.17, 15) is 22.4 Å². The quantitative estimate of drug-likeness (QED) is 0.351. The number of piperidine rings is 2. The molecule has 0 bridgehead atoms. The highest BCUT2D eigenvalue weighted by atomic mass is 32.2. The summed E-state index contributed by atoms with van der Waals surface area (Å²) in [5, 5.41) is 10.9. The molecule has 6 rings (SSSR count). The van der Waals surface area contributed by atoms with Crippen molar-refractivity contribution in [1.29, 1.82) is 0 Å². The first-order chi connectivity index (χ1) is 25.4. The number of carbonyl (C=O) groups is 2. The van der Waals surface area contributed by atoms with Crippen LogP contribution in [0.15, 0.2) is 24.5 Å². The maximum absolute atomic E-state index is 14.4. The molecule has 0 radical (unpaired) electrons. The fraction of sp³-hybridized carbons (Fsp3) is 0.703. The van der Waals surface area contributed by atoms with Crippen molar-refractivity contribution in [3.8, 4) is 11.6 Å². The number of carbonyl (C=O) groups excluding carboxylic acids is 2. The van der Waals surface area contributed by atoms with E-state index in [4.69, 9.17) is 9.47 Å². The van der Waals surface area contributed by atoms with Gasteiger partial charge in [-0.3, -0.25) is 4.79 Å². The minimum Gasteiger partial charge on any atom is -0.444 e. The van der Waals surface area contributed by atoms with E-state index in [0.717, 1.165) is 58.4 Å². The third kappa shape index (κ3) is 9.06. The van der Waals surface area contributed by atoms with Gasteiger partial charge in [-0.2, -0.15) is 17.0 Å². The van der Waals surface area contributed by atoms with Crippen molar-refractivity contribution in [2.24, 2.45) is 11.3 Å². The molecule has 1 aromatic carbocycles. The Balaban J connectivity index is 0.964. The SMILES string of the molecule is CC(C)N(C(=O)c1cc(F)ccc1Oc1nncnc1N1CC2(CCN(CC3CCN(S(=O)(=O)N4CC(NC(=O)OC(C)(C)C)C4)CC3)CC2)C1)C(C)C. The Labute approximate surface area is 318 Å². The maximum Gasteiger partial charge on any atom is 0.407 e. The van der Waals surface area contributed by atoms with Gasteiger partial charge in [0.05, 0.1) is 11.6 Å². The van der Waals surface area contributed by atoms with Crippen molar-refractivity contribution in [1.82, 2.24) is 38.9 Å². The van der Waals surface area contributed by atoms with Gasteiger partial charge in [0.15, 0.2) is 5.82 Å². The van der Waals surface area contributed by atoms with E-state index in [2.05, 4.69) is 30.3 Å². The molecule has 15 nitrogen and oxygen atoms in total. The lowest BCUT2D eigenvalue weighted by Crippen LogP contribution is -2.64. The van der Waals surface area contributed by atoms with Crippen LogP contribution in [0.2, 0.25) is 0 Å². The number of nitrogens with one attached hydrogen (secondary N) is 1. The molecule has 0 atom stereocenters. The second-order valence-corrected chi connectivity index (χ2v) is 18.8. The van der Waals surface area contributed by atoms with Gasteiger partial charge in [-0.15, -0.1) is 10.2 Å². The number of ether oxygens (including phenoxy) is 2. The number of rotatable bonds is 11. The number of hydrogen-bond acceptors (Lipinski definition) is 11. The molecule has 1 N–H and O–H groups in total. The van der Waals surface area contributed by atoms with Crippen LogP contribution in [0.25, 0.3) is 0 Å². The Morgan fingerprint density at radius 2 is 1.67 bits per heavy atom. The van der Waals surface area contributed by atoms with E-state index in [0.29, 0.717) is 24.8 Å². The van der Waals surface area contributed by atoms with Crippen LogP contribution in [0.4, 0.5) is 15.0 Å². The van der Waals surface area contributed by atoms with Crippen molar-refractivity contribution < 1.29 is 31.9 Å².